The third-order valence-electron chi connectivity index (χ3n) is 5.21. The number of aromatic nitrogens is 3. The van der Waals surface area contributed by atoms with Gasteiger partial charge in [0.2, 0.25) is 5.95 Å². The van der Waals surface area contributed by atoms with Gasteiger partial charge in [-0.15, -0.1) is 11.3 Å². The lowest BCUT2D eigenvalue weighted by atomic mass is 10.1. The molecule has 3 aromatic heterocycles. The number of rotatable bonds is 6. The SMILES string of the molecule is C.CN(C)c1nc(Nc2ccc(NC(=O)c3cncc(-c4cccs4)c3)cc2)nc2ccccc12. The van der Waals surface area contributed by atoms with E-state index in [1.165, 1.54) is 0 Å². The first-order valence-electron chi connectivity index (χ1n) is 10.7. The fourth-order valence-corrected chi connectivity index (χ4v) is 4.28. The van der Waals surface area contributed by atoms with Crippen molar-refractivity contribution in [3.63, 3.8) is 0 Å². The molecule has 0 aliphatic heterocycles. The van der Waals surface area contributed by atoms with Gasteiger partial charge in [0.15, 0.2) is 0 Å². The number of carbonyl (C=O) groups excluding carboxylic acids is 1. The number of nitrogens with zero attached hydrogens (tertiary/aromatic N) is 4. The summed E-state index contributed by atoms with van der Waals surface area (Å²) in [5.41, 5.74) is 3.80. The van der Waals surface area contributed by atoms with E-state index in [-0.39, 0.29) is 13.3 Å². The third-order valence-corrected chi connectivity index (χ3v) is 6.13. The van der Waals surface area contributed by atoms with E-state index in [1.807, 2.05) is 91.1 Å². The molecule has 0 bridgehead atoms. The Kier molecular flexibility index (Phi) is 7.03. The topological polar surface area (TPSA) is 83.0 Å². The van der Waals surface area contributed by atoms with Crippen LogP contribution in [0, 0.1) is 0 Å². The summed E-state index contributed by atoms with van der Waals surface area (Å²) in [6, 6.07) is 21.2. The molecule has 3 heterocycles. The van der Waals surface area contributed by atoms with Gasteiger partial charge in [-0.05, 0) is 53.9 Å². The molecule has 0 spiro atoms. The summed E-state index contributed by atoms with van der Waals surface area (Å²) in [6.45, 7) is 0. The average molecular weight is 483 g/mol. The van der Waals surface area contributed by atoms with Crippen molar-refractivity contribution < 1.29 is 4.79 Å². The molecular weight excluding hydrogens is 456 g/mol. The molecule has 176 valence electrons. The van der Waals surface area contributed by atoms with Crippen LogP contribution in [0.2, 0.25) is 0 Å². The molecule has 0 unspecified atom stereocenters. The maximum Gasteiger partial charge on any atom is 0.257 e. The molecule has 0 radical (unpaired) electrons. The highest BCUT2D eigenvalue weighted by Crippen LogP contribution is 2.27. The van der Waals surface area contributed by atoms with Crippen LogP contribution in [-0.2, 0) is 0 Å². The number of pyridine rings is 1. The van der Waals surface area contributed by atoms with Gasteiger partial charge in [-0.3, -0.25) is 9.78 Å². The summed E-state index contributed by atoms with van der Waals surface area (Å²) >= 11 is 1.61. The van der Waals surface area contributed by atoms with Gasteiger partial charge >= 0.3 is 0 Å². The molecule has 35 heavy (non-hydrogen) atoms. The van der Waals surface area contributed by atoms with E-state index in [1.54, 1.807) is 23.7 Å². The number of thiophene rings is 1. The lowest BCUT2D eigenvalue weighted by molar-refractivity contribution is 0.102. The predicted molar refractivity (Wildman–Crippen MR) is 146 cm³/mol. The number of hydrogen-bond acceptors (Lipinski definition) is 7. The zero-order valence-corrected chi connectivity index (χ0v) is 19.5. The Labute approximate surface area is 208 Å². The van der Waals surface area contributed by atoms with Crippen molar-refractivity contribution in [1.82, 2.24) is 15.0 Å². The van der Waals surface area contributed by atoms with Crippen LogP contribution in [0.25, 0.3) is 21.3 Å². The summed E-state index contributed by atoms with van der Waals surface area (Å²) in [7, 11) is 3.92. The van der Waals surface area contributed by atoms with E-state index in [2.05, 4.69) is 25.6 Å². The van der Waals surface area contributed by atoms with E-state index in [9.17, 15) is 4.79 Å². The summed E-state index contributed by atoms with van der Waals surface area (Å²) in [5, 5.41) is 9.18. The zero-order chi connectivity index (χ0) is 23.5. The lowest BCUT2D eigenvalue weighted by Crippen LogP contribution is -2.13. The standard InChI is InChI=1S/C26H22N6OS.CH4/c1-32(2)24-21-6-3-4-7-22(21)30-26(31-24)29-20-11-9-19(10-12-20)28-25(33)18-14-17(15-27-16-18)23-8-5-13-34-23;/h3-16H,1-2H3,(H,28,33)(H,29,30,31);1H4. The van der Waals surface area contributed by atoms with Crippen LogP contribution in [0.15, 0.2) is 84.5 Å². The minimum Gasteiger partial charge on any atom is -0.362 e. The number of anilines is 4. The lowest BCUT2D eigenvalue weighted by Gasteiger charge is -2.16. The first kappa shape index (κ1) is 23.8. The van der Waals surface area contributed by atoms with Crippen LogP contribution >= 0.6 is 11.3 Å². The minimum atomic E-state index is -0.208. The summed E-state index contributed by atoms with van der Waals surface area (Å²) < 4.78 is 0. The molecule has 8 heteroatoms. The molecule has 0 atom stereocenters. The Morgan fingerprint density at radius 2 is 1.69 bits per heavy atom. The number of amides is 1. The second-order valence-electron chi connectivity index (χ2n) is 7.88. The maximum absolute atomic E-state index is 12.7. The molecule has 0 aliphatic carbocycles. The number of nitrogens with one attached hydrogen (secondary N) is 2. The van der Waals surface area contributed by atoms with Gasteiger partial charge in [-0.1, -0.05) is 25.6 Å². The number of carbonyl (C=O) groups is 1. The third kappa shape index (κ3) is 5.28. The molecule has 2 aromatic carbocycles. The quantitative estimate of drug-likeness (QED) is 0.289. The van der Waals surface area contributed by atoms with Crippen LogP contribution in [0.1, 0.15) is 17.8 Å². The van der Waals surface area contributed by atoms with Gasteiger partial charge in [0.1, 0.15) is 5.82 Å². The first-order chi connectivity index (χ1) is 16.6. The normalized spacial score (nSPS) is 10.5. The number of para-hydroxylation sites is 1. The number of benzene rings is 2. The highest BCUT2D eigenvalue weighted by molar-refractivity contribution is 7.13. The molecule has 0 saturated carbocycles. The summed E-state index contributed by atoms with van der Waals surface area (Å²) in [6.07, 6.45) is 3.33. The fourth-order valence-electron chi connectivity index (χ4n) is 3.57. The van der Waals surface area contributed by atoms with Gasteiger partial charge in [0, 0.05) is 53.7 Å². The van der Waals surface area contributed by atoms with Crippen LogP contribution in [0.5, 0.6) is 0 Å². The molecule has 5 rings (SSSR count). The van der Waals surface area contributed by atoms with Gasteiger partial charge < -0.3 is 15.5 Å². The van der Waals surface area contributed by atoms with E-state index < -0.39 is 0 Å². The number of hydrogen-bond donors (Lipinski definition) is 2. The van der Waals surface area contributed by atoms with Crippen LogP contribution in [-0.4, -0.2) is 35.0 Å². The minimum absolute atomic E-state index is 0. The largest absolute Gasteiger partial charge is 0.362 e. The summed E-state index contributed by atoms with van der Waals surface area (Å²) in [5.74, 6) is 1.14. The average Bonchev–Trinajstić information content (AvgIpc) is 3.40. The summed E-state index contributed by atoms with van der Waals surface area (Å²) in [4.78, 5) is 29.3. The van der Waals surface area contributed by atoms with Crippen LogP contribution < -0.4 is 15.5 Å². The molecule has 0 aliphatic rings. The van der Waals surface area contributed by atoms with E-state index in [0.717, 1.165) is 32.8 Å². The van der Waals surface area contributed by atoms with E-state index in [0.29, 0.717) is 17.2 Å². The molecule has 0 fully saturated rings. The second kappa shape index (κ2) is 10.3. The first-order valence-corrected chi connectivity index (χ1v) is 11.6. The van der Waals surface area contributed by atoms with Crippen LogP contribution in [0.4, 0.5) is 23.1 Å². The molecule has 5 aromatic rings. The van der Waals surface area contributed by atoms with Crippen molar-refractivity contribution in [3.05, 3.63) is 90.1 Å². The molecule has 0 saturated heterocycles. The Morgan fingerprint density at radius 1 is 0.914 bits per heavy atom. The van der Waals surface area contributed by atoms with Crippen molar-refractivity contribution in [3.8, 4) is 10.4 Å². The predicted octanol–water partition coefficient (Wildman–Crippen LogP) is 6.45. The van der Waals surface area contributed by atoms with Crippen molar-refractivity contribution >= 4 is 51.3 Å². The van der Waals surface area contributed by atoms with Crippen molar-refractivity contribution in [1.29, 1.82) is 0 Å². The zero-order valence-electron chi connectivity index (χ0n) is 18.7. The van der Waals surface area contributed by atoms with Crippen molar-refractivity contribution in [2.45, 2.75) is 7.43 Å². The Hall–Kier alpha value is -4.30. The van der Waals surface area contributed by atoms with Crippen molar-refractivity contribution in [2.75, 3.05) is 29.6 Å². The van der Waals surface area contributed by atoms with Gasteiger partial charge in [0.05, 0.1) is 11.1 Å². The van der Waals surface area contributed by atoms with E-state index >= 15 is 0 Å². The maximum atomic E-state index is 12.7. The van der Waals surface area contributed by atoms with Gasteiger partial charge in [0.25, 0.3) is 5.91 Å². The molecule has 1 amide bonds. The van der Waals surface area contributed by atoms with Crippen molar-refractivity contribution in [2.24, 2.45) is 0 Å². The fraction of sp³-hybridized carbons (Fsp3) is 0.111. The Morgan fingerprint density at radius 3 is 2.43 bits per heavy atom. The Balaban J connectivity index is 0.00000289. The molecule has 7 nitrogen and oxygen atoms in total. The highest BCUT2D eigenvalue weighted by atomic mass is 32.1. The smallest absolute Gasteiger partial charge is 0.257 e. The monoisotopic (exact) mass is 482 g/mol. The highest BCUT2D eigenvalue weighted by Gasteiger charge is 2.11. The van der Waals surface area contributed by atoms with Gasteiger partial charge in [-0.25, -0.2) is 4.98 Å². The van der Waals surface area contributed by atoms with Crippen LogP contribution in [0.3, 0.4) is 0 Å². The molecule has 2 N–H and O–H groups in total. The van der Waals surface area contributed by atoms with E-state index in [4.69, 9.17) is 0 Å². The Bertz CT molecular complexity index is 1450. The van der Waals surface area contributed by atoms with Gasteiger partial charge in [-0.2, -0.15) is 4.98 Å². The molecular formula is C27H26N6OS. The second-order valence-corrected chi connectivity index (χ2v) is 8.83. The number of fused-ring (bicyclic) bond motifs is 1.